The Hall–Kier alpha value is -1.50. The van der Waals surface area contributed by atoms with Crippen LogP contribution >= 0.6 is 22.3 Å². The van der Waals surface area contributed by atoms with Crippen molar-refractivity contribution in [2.24, 2.45) is 0 Å². The van der Waals surface area contributed by atoms with E-state index in [9.17, 15) is 13.2 Å². The van der Waals surface area contributed by atoms with Crippen LogP contribution in [0.2, 0.25) is 5.02 Å². The number of nitrogens with one attached hydrogen (secondary N) is 1. The fourth-order valence-electron chi connectivity index (χ4n) is 1.77. The van der Waals surface area contributed by atoms with Crippen LogP contribution < -0.4 is 5.32 Å². The van der Waals surface area contributed by atoms with Crippen LogP contribution in [0.1, 0.15) is 16.1 Å². The summed E-state index contributed by atoms with van der Waals surface area (Å²) >= 11 is 5.91. The molecule has 2 aromatic rings. The highest BCUT2D eigenvalue weighted by Crippen LogP contribution is 2.26. The zero-order chi connectivity index (χ0) is 15.5. The molecule has 0 radical (unpaired) electrons. The maximum absolute atomic E-state index is 12.1. The number of hydrogen-bond acceptors (Lipinski definition) is 4. The summed E-state index contributed by atoms with van der Waals surface area (Å²) in [5, 5.41) is 2.60. The van der Waals surface area contributed by atoms with Gasteiger partial charge >= 0.3 is 0 Å². The van der Waals surface area contributed by atoms with E-state index in [-0.39, 0.29) is 22.0 Å². The summed E-state index contributed by atoms with van der Waals surface area (Å²) in [6.07, 6.45) is 2.01. The molecule has 0 aliphatic rings. The monoisotopic (exact) mass is 347 g/mol. The lowest BCUT2D eigenvalue weighted by Gasteiger charge is -2.09. The lowest BCUT2D eigenvalue weighted by molar-refractivity contribution is 0.0950. The quantitative estimate of drug-likeness (QED) is 0.843. The fourth-order valence-corrected chi connectivity index (χ4v) is 3.16. The van der Waals surface area contributed by atoms with Crippen molar-refractivity contribution in [3.63, 3.8) is 0 Å². The second-order valence-corrected chi connectivity index (χ2v) is 7.08. The lowest BCUT2D eigenvalue weighted by Crippen LogP contribution is -2.27. The molecule has 21 heavy (non-hydrogen) atoms. The third kappa shape index (κ3) is 4.00. The van der Waals surface area contributed by atoms with Gasteiger partial charge in [-0.1, -0.05) is 17.7 Å². The van der Waals surface area contributed by atoms with Gasteiger partial charge in [0.05, 0.1) is 21.7 Å². The third-order valence-corrected chi connectivity index (χ3v) is 4.38. The highest BCUT2D eigenvalue weighted by Gasteiger charge is 2.23. The Morgan fingerprint density at radius 3 is 2.62 bits per heavy atom. The van der Waals surface area contributed by atoms with Crippen LogP contribution in [-0.2, 0) is 15.5 Å². The second-order valence-electron chi connectivity index (χ2n) is 4.14. The zero-order valence-electron chi connectivity index (χ0n) is 10.7. The molecule has 0 bridgehead atoms. The van der Waals surface area contributed by atoms with E-state index in [0.717, 1.165) is 0 Å². The van der Waals surface area contributed by atoms with Gasteiger partial charge in [0.1, 0.15) is 5.76 Å². The second kappa shape index (κ2) is 6.51. The molecule has 1 aromatic heterocycles. The van der Waals surface area contributed by atoms with Crippen LogP contribution in [0.25, 0.3) is 0 Å². The molecule has 1 aromatic carbocycles. The van der Waals surface area contributed by atoms with E-state index in [2.05, 4.69) is 5.32 Å². The van der Waals surface area contributed by atoms with Gasteiger partial charge in [0.2, 0.25) is 0 Å². The zero-order valence-corrected chi connectivity index (χ0v) is 13.0. The van der Waals surface area contributed by atoms with Crippen molar-refractivity contribution in [1.29, 1.82) is 0 Å². The number of hydrogen-bond donors (Lipinski definition) is 1. The highest BCUT2D eigenvalue weighted by molar-refractivity contribution is 8.13. The number of furan rings is 1. The molecule has 0 atom stereocenters. The van der Waals surface area contributed by atoms with Gasteiger partial charge in [0, 0.05) is 23.6 Å². The number of carbonyl (C=O) groups is 1. The van der Waals surface area contributed by atoms with Crippen molar-refractivity contribution >= 4 is 37.2 Å². The summed E-state index contributed by atoms with van der Waals surface area (Å²) in [6, 6.07) is 7.58. The smallest absolute Gasteiger partial charge is 0.262 e. The molecule has 0 fully saturated rings. The molecule has 1 N–H and O–H groups in total. The van der Waals surface area contributed by atoms with Crippen LogP contribution in [0.5, 0.6) is 0 Å². The Balaban J connectivity index is 2.15. The van der Waals surface area contributed by atoms with Crippen molar-refractivity contribution in [3.8, 4) is 0 Å². The Labute approximate surface area is 131 Å². The van der Waals surface area contributed by atoms with Crippen molar-refractivity contribution < 1.29 is 17.6 Å². The number of carbonyl (C=O) groups excluding carboxylic acids is 1. The molecule has 5 nitrogen and oxygen atoms in total. The summed E-state index contributed by atoms with van der Waals surface area (Å²) in [4.78, 5) is 11.8. The normalized spacial score (nSPS) is 11.3. The first-order valence-electron chi connectivity index (χ1n) is 5.93. The largest absolute Gasteiger partial charge is 0.469 e. The van der Waals surface area contributed by atoms with Gasteiger partial charge in [-0.3, -0.25) is 4.79 Å². The van der Waals surface area contributed by atoms with Crippen LogP contribution in [0, 0.1) is 0 Å². The SMILES string of the molecule is O=C(NCCc1ccco1)c1c(Cl)cccc1S(=O)(=O)Cl. The topological polar surface area (TPSA) is 76.4 Å². The van der Waals surface area contributed by atoms with E-state index in [1.165, 1.54) is 24.5 Å². The Morgan fingerprint density at radius 1 is 1.24 bits per heavy atom. The first kappa shape index (κ1) is 15.9. The molecule has 0 unspecified atom stereocenters. The van der Waals surface area contributed by atoms with E-state index in [1.807, 2.05) is 0 Å². The van der Waals surface area contributed by atoms with Gasteiger partial charge in [0.15, 0.2) is 0 Å². The Morgan fingerprint density at radius 2 is 2.00 bits per heavy atom. The minimum absolute atomic E-state index is 0.0206. The summed E-state index contributed by atoms with van der Waals surface area (Å²) in [7, 11) is 1.25. The van der Waals surface area contributed by atoms with Gasteiger partial charge in [-0.15, -0.1) is 0 Å². The third-order valence-electron chi connectivity index (χ3n) is 2.70. The van der Waals surface area contributed by atoms with Gasteiger partial charge in [0.25, 0.3) is 15.0 Å². The summed E-state index contributed by atoms with van der Waals surface area (Å²) in [5.41, 5.74) is -0.159. The molecule has 112 valence electrons. The highest BCUT2D eigenvalue weighted by atomic mass is 35.7. The maximum Gasteiger partial charge on any atom is 0.262 e. The minimum Gasteiger partial charge on any atom is -0.469 e. The standard InChI is InChI=1S/C13H11Cl2NO4S/c14-10-4-1-5-11(21(15,18)19)12(10)13(17)16-7-6-9-3-2-8-20-9/h1-5,8H,6-7H2,(H,16,17). The van der Waals surface area contributed by atoms with E-state index < -0.39 is 15.0 Å². The first-order valence-corrected chi connectivity index (χ1v) is 8.62. The van der Waals surface area contributed by atoms with E-state index in [1.54, 1.807) is 12.1 Å². The van der Waals surface area contributed by atoms with E-state index in [0.29, 0.717) is 12.2 Å². The summed E-state index contributed by atoms with van der Waals surface area (Å²) in [5.74, 6) is 0.103. The Bertz CT molecular complexity index is 742. The van der Waals surface area contributed by atoms with Crippen molar-refractivity contribution in [1.82, 2.24) is 5.32 Å². The van der Waals surface area contributed by atoms with E-state index >= 15 is 0 Å². The molecular formula is C13H11Cl2NO4S. The van der Waals surface area contributed by atoms with Gasteiger partial charge < -0.3 is 9.73 Å². The van der Waals surface area contributed by atoms with Gasteiger partial charge in [-0.2, -0.15) is 0 Å². The molecular weight excluding hydrogens is 337 g/mol. The van der Waals surface area contributed by atoms with Crippen molar-refractivity contribution in [2.75, 3.05) is 6.54 Å². The number of rotatable bonds is 5. The Kier molecular flexibility index (Phi) is 4.92. The molecule has 0 saturated heterocycles. The molecule has 8 heteroatoms. The average Bonchev–Trinajstić information content (AvgIpc) is 2.90. The van der Waals surface area contributed by atoms with Crippen LogP contribution in [0.15, 0.2) is 45.9 Å². The van der Waals surface area contributed by atoms with Crippen LogP contribution in [-0.4, -0.2) is 20.9 Å². The lowest BCUT2D eigenvalue weighted by atomic mass is 10.2. The predicted molar refractivity (Wildman–Crippen MR) is 79.2 cm³/mol. The minimum atomic E-state index is -4.06. The molecule has 0 aliphatic carbocycles. The number of amides is 1. The van der Waals surface area contributed by atoms with Crippen molar-refractivity contribution in [2.45, 2.75) is 11.3 Å². The van der Waals surface area contributed by atoms with Crippen LogP contribution in [0.3, 0.4) is 0 Å². The van der Waals surface area contributed by atoms with Crippen LogP contribution in [0.4, 0.5) is 0 Å². The number of halogens is 2. The molecule has 0 saturated carbocycles. The average molecular weight is 348 g/mol. The maximum atomic E-state index is 12.1. The van der Waals surface area contributed by atoms with Gasteiger partial charge in [-0.05, 0) is 24.3 Å². The molecule has 1 heterocycles. The summed E-state index contributed by atoms with van der Waals surface area (Å²) in [6.45, 7) is 0.277. The molecule has 2 rings (SSSR count). The molecule has 0 aliphatic heterocycles. The number of benzene rings is 1. The van der Waals surface area contributed by atoms with Crippen molar-refractivity contribution in [3.05, 3.63) is 52.9 Å². The van der Waals surface area contributed by atoms with E-state index in [4.69, 9.17) is 26.7 Å². The molecule has 0 spiro atoms. The first-order chi connectivity index (χ1) is 9.89. The molecule has 1 amide bonds. The predicted octanol–water partition coefficient (Wildman–Crippen LogP) is 2.83. The summed E-state index contributed by atoms with van der Waals surface area (Å²) < 4.78 is 28.1. The fraction of sp³-hybridized carbons (Fsp3) is 0.154. The van der Waals surface area contributed by atoms with Gasteiger partial charge in [-0.25, -0.2) is 8.42 Å².